The second-order valence-electron chi connectivity index (χ2n) is 8.16. The number of hydrogen-bond acceptors (Lipinski definition) is 4. The molecule has 1 amide bonds. The topological polar surface area (TPSA) is 98.4 Å². The standard InChI is InChI=1S/C23H16F5N3O4/c1-31(22(33)16-3-8-2-12(24)11(20(27)28)6-15(8)29-16)17-7-35-23(34)19-18(17)9-4-13(25)14(26)5-10(9)21(32)30-19/h2-6,17,20,23,29,34H,7H2,1H3,(H,30,32)/t17-,23-/m0/s1. The maximum absolute atomic E-state index is 14.1. The van der Waals surface area contributed by atoms with E-state index in [2.05, 4.69) is 9.97 Å². The number of amides is 1. The molecule has 0 fully saturated rings. The van der Waals surface area contributed by atoms with E-state index >= 15 is 0 Å². The fraction of sp³-hybridized carbons (Fsp3) is 0.217. The molecule has 0 radical (unpaired) electrons. The molecule has 7 nitrogen and oxygen atoms in total. The quantitative estimate of drug-likeness (QED) is 0.373. The van der Waals surface area contributed by atoms with Gasteiger partial charge in [-0.2, -0.15) is 0 Å². The Balaban J connectivity index is 1.60. The Bertz CT molecular complexity index is 1560. The van der Waals surface area contributed by atoms with Crippen LogP contribution in [-0.4, -0.2) is 39.5 Å². The van der Waals surface area contributed by atoms with E-state index in [1.54, 1.807) is 0 Å². The van der Waals surface area contributed by atoms with Gasteiger partial charge in [-0.3, -0.25) is 9.59 Å². The van der Waals surface area contributed by atoms with E-state index in [-0.39, 0.29) is 45.2 Å². The maximum Gasteiger partial charge on any atom is 0.270 e. The Kier molecular flexibility index (Phi) is 5.37. The van der Waals surface area contributed by atoms with E-state index < -0.39 is 53.2 Å². The summed E-state index contributed by atoms with van der Waals surface area (Å²) in [6.07, 6.45) is -4.63. The van der Waals surface area contributed by atoms with Crippen molar-refractivity contribution in [3.63, 3.8) is 0 Å². The van der Waals surface area contributed by atoms with Crippen molar-refractivity contribution in [3.8, 4) is 0 Å². The van der Waals surface area contributed by atoms with Crippen molar-refractivity contribution in [2.45, 2.75) is 18.8 Å². The van der Waals surface area contributed by atoms with Crippen LogP contribution in [0.15, 0.2) is 35.1 Å². The molecule has 12 heteroatoms. The predicted molar refractivity (Wildman–Crippen MR) is 113 cm³/mol. The monoisotopic (exact) mass is 493 g/mol. The fourth-order valence-electron chi connectivity index (χ4n) is 4.35. The van der Waals surface area contributed by atoms with Crippen molar-refractivity contribution in [3.05, 3.63) is 80.7 Å². The minimum Gasteiger partial charge on any atom is -0.363 e. The molecule has 1 aliphatic rings. The van der Waals surface area contributed by atoms with Gasteiger partial charge >= 0.3 is 0 Å². The Morgan fingerprint density at radius 3 is 2.43 bits per heavy atom. The first kappa shape index (κ1) is 23.0. The Hall–Kier alpha value is -3.77. The SMILES string of the molecule is CN(C(=O)c1cc2cc(F)c(C(F)F)cc2[nH]1)[C@H]1CO[C@H](O)c2[nH]c(=O)c3cc(F)c(F)cc3c21. The number of carbonyl (C=O) groups excluding carboxylic acids is 1. The number of pyridine rings is 1. The highest BCUT2D eigenvalue weighted by Gasteiger charge is 2.35. The van der Waals surface area contributed by atoms with Crippen LogP contribution in [0.4, 0.5) is 22.0 Å². The molecule has 4 aromatic rings. The molecule has 0 aliphatic carbocycles. The first-order valence-electron chi connectivity index (χ1n) is 10.3. The second kappa shape index (κ2) is 8.17. The van der Waals surface area contributed by atoms with Crippen molar-refractivity contribution in [2.75, 3.05) is 13.7 Å². The highest BCUT2D eigenvalue weighted by Crippen LogP contribution is 2.38. The van der Waals surface area contributed by atoms with Crippen molar-refractivity contribution < 1.29 is 36.6 Å². The van der Waals surface area contributed by atoms with Crippen LogP contribution >= 0.6 is 0 Å². The lowest BCUT2D eigenvalue weighted by atomic mass is 9.94. The van der Waals surface area contributed by atoms with Crippen LogP contribution in [0.5, 0.6) is 0 Å². The third kappa shape index (κ3) is 3.65. The van der Waals surface area contributed by atoms with Gasteiger partial charge in [0.15, 0.2) is 17.9 Å². The van der Waals surface area contributed by atoms with E-state index in [0.29, 0.717) is 0 Å². The van der Waals surface area contributed by atoms with E-state index in [4.69, 9.17) is 4.74 Å². The molecular weight excluding hydrogens is 477 g/mol. The molecule has 0 unspecified atom stereocenters. The summed E-state index contributed by atoms with van der Waals surface area (Å²) in [7, 11) is 1.37. The molecule has 35 heavy (non-hydrogen) atoms. The molecular formula is C23H16F5N3O4. The van der Waals surface area contributed by atoms with Crippen LogP contribution in [0.25, 0.3) is 21.7 Å². The lowest BCUT2D eigenvalue weighted by Crippen LogP contribution is -2.39. The average molecular weight is 493 g/mol. The molecule has 1 aliphatic heterocycles. The van der Waals surface area contributed by atoms with E-state index in [1.165, 1.54) is 18.0 Å². The number of nitrogens with zero attached hydrogens (tertiary/aromatic N) is 1. The van der Waals surface area contributed by atoms with E-state index in [0.717, 1.165) is 24.3 Å². The number of hydrogen-bond donors (Lipinski definition) is 3. The molecule has 5 rings (SSSR count). The van der Waals surface area contributed by atoms with Crippen LogP contribution in [-0.2, 0) is 4.74 Å². The van der Waals surface area contributed by atoms with Gasteiger partial charge in [0.25, 0.3) is 17.9 Å². The number of ether oxygens (including phenoxy) is 1. The maximum atomic E-state index is 14.1. The molecule has 2 aromatic heterocycles. The summed E-state index contributed by atoms with van der Waals surface area (Å²) in [5.41, 5.74) is -1.53. The molecule has 3 heterocycles. The zero-order valence-corrected chi connectivity index (χ0v) is 17.8. The van der Waals surface area contributed by atoms with Crippen molar-refractivity contribution in [2.24, 2.45) is 0 Å². The number of aliphatic hydroxyl groups is 1. The van der Waals surface area contributed by atoms with Crippen LogP contribution in [0.3, 0.4) is 0 Å². The number of carbonyl (C=O) groups is 1. The summed E-state index contributed by atoms with van der Waals surface area (Å²) in [5.74, 6) is -4.26. The molecule has 0 saturated carbocycles. The van der Waals surface area contributed by atoms with Crippen molar-refractivity contribution in [1.29, 1.82) is 0 Å². The zero-order chi connectivity index (χ0) is 25.2. The summed E-state index contributed by atoms with van der Waals surface area (Å²) in [6.45, 7) is -0.263. The third-order valence-corrected chi connectivity index (χ3v) is 6.12. The van der Waals surface area contributed by atoms with Gasteiger partial charge in [0.05, 0.1) is 29.3 Å². The summed E-state index contributed by atoms with van der Waals surface area (Å²) in [5, 5.41) is 10.2. The van der Waals surface area contributed by atoms with Gasteiger partial charge in [0, 0.05) is 23.5 Å². The number of aromatic nitrogens is 2. The van der Waals surface area contributed by atoms with E-state index in [9.17, 15) is 36.6 Å². The Labute approximate surface area is 192 Å². The van der Waals surface area contributed by atoms with Crippen LogP contribution < -0.4 is 5.56 Å². The molecule has 182 valence electrons. The third-order valence-electron chi connectivity index (χ3n) is 6.12. The fourth-order valence-corrected chi connectivity index (χ4v) is 4.35. The Morgan fingerprint density at radius 1 is 1.06 bits per heavy atom. The largest absolute Gasteiger partial charge is 0.363 e. The van der Waals surface area contributed by atoms with Crippen LogP contribution in [0, 0.1) is 17.5 Å². The number of alkyl halides is 2. The number of aromatic amines is 2. The molecule has 0 saturated heterocycles. The van der Waals surface area contributed by atoms with Crippen LogP contribution in [0.1, 0.15) is 46.1 Å². The Morgan fingerprint density at radius 2 is 1.74 bits per heavy atom. The van der Waals surface area contributed by atoms with Gasteiger partial charge < -0.3 is 24.7 Å². The molecule has 0 spiro atoms. The lowest BCUT2D eigenvalue weighted by Gasteiger charge is -2.35. The highest BCUT2D eigenvalue weighted by molar-refractivity contribution is 5.98. The summed E-state index contributed by atoms with van der Waals surface area (Å²) >= 11 is 0. The van der Waals surface area contributed by atoms with Gasteiger partial charge in [-0.05, 0) is 35.7 Å². The zero-order valence-electron chi connectivity index (χ0n) is 17.8. The summed E-state index contributed by atoms with van der Waals surface area (Å²) in [6, 6.07) is 3.64. The number of aliphatic hydroxyl groups excluding tert-OH is 1. The average Bonchev–Trinajstić information content (AvgIpc) is 3.22. The van der Waals surface area contributed by atoms with Crippen molar-refractivity contribution in [1.82, 2.24) is 14.9 Å². The summed E-state index contributed by atoms with van der Waals surface area (Å²) in [4.78, 5) is 31.9. The second-order valence-corrected chi connectivity index (χ2v) is 8.16. The predicted octanol–water partition coefficient (Wildman–Crippen LogP) is 4.20. The number of fused-ring (bicyclic) bond motifs is 4. The minimum absolute atomic E-state index is 0.0186. The number of benzene rings is 2. The van der Waals surface area contributed by atoms with Gasteiger partial charge in [-0.1, -0.05) is 0 Å². The van der Waals surface area contributed by atoms with Gasteiger partial charge in [0.2, 0.25) is 0 Å². The number of H-pyrrole nitrogens is 2. The van der Waals surface area contributed by atoms with Gasteiger partial charge in [-0.25, -0.2) is 22.0 Å². The molecule has 3 N–H and O–H groups in total. The summed E-state index contributed by atoms with van der Waals surface area (Å²) < 4.78 is 73.2. The van der Waals surface area contributed by atoms with E-state index in [1.807, 2.05) is 0 Å². The normalized spacial score (nSPS) is 17.8. The first-order chi connectivity index (χ1) is 16.6. The molecule has 0 bridgehead atoms. The van der Waals surface area contributed by atoms with Gasteiger partial charge in [-0.15, -0.1) is 0 Å². The minimum atomic E-state index is -3.05. The van der Waals surface area contributed by atoms with Gasteiger partial charge in [0.1, 0.15) is 11.5 Å². The highest BCUT2D eigenvalue weighted by atomic mass is 19.3. The molecule has 2 aromatic carbocycles. The van der Waals surface area contributed by atoms with Crippen molar-refractivity contribution >= 4 is 27.6 Å². The number of rotatable bonds is 3. The smallest absolute Gasteiger partial charge is 0.270 e. The molecule has 2 atom stereocenters. The first-order valence-corrected chi connectivity index (χ1v) is 10.3. The lowest BCUT2D eigenvalue weighted by molar-refractivity contribution is -0.129. The number of likely N-dealkylation sites (N-methyl/N-ethyl adjacent to an activating group) is 1. The van der Waals surface area contributed by atoms with Crippen LogP contribution in [0.2, 0.25) is 0 Å². The number of halogens is 5. The number of nitrogens with one attached hydrogen (secondary N) is 2.